The Morgan fingerprint density at radius 3 is 2.30 bits per heavy atom. The van der Waals surface area contributed by atoms with Crippen molar-refractivity contribution in [2.75, 3.05) is 0 Å². The lowest BCUT2D eigenvalue weighted by Gasteiger charge is -2.33. The molecule has 1 fully saturated rings. The highest BCUT2D eigenvalue weighted by Gasteiger charge is 2.33. The van der Waals surface area contributed by atoms with E-state index in [1.807, 2.05) is 50.2 Å². The SMILES string of the molecule is Cc1ccc(S(=O)(=O)N(Cc2cc3ccc(C)cc3[nH]c2=O)C2CCCCC2)cc1. The molecule has 0 atom stereocenters. The van der Waals surface area contributed by atoms with Crippen LogP contribution < -0.4 is 5.56 Å². The van der Waals surface area contributed by atoms with Crippen molar-refractivity contribution in [2.45, 2.75) is 63.4 Å². The standard InChI is InChI=1S/C24H28N2O3S/c1-17-9-12-22(13-10-17)30(28,29)26(21-6-4-3-5-7-21)16-20-15-19-11-8-18(2)14-23(19)25-24(20)27/h8-15,21H,3-7,16H2,1-2H3,(H,25,27). The number of pyridine rings is 1. The molecule has 0 aliphatic heterocycles. The van der Waals surface area contributed by atoms with Crippen LogP contribution in [0.3, 0.4) is 0 Å². The van der Waals surface area contributed by atoms with Crippen molar-refractivity contribution in [1.82, 2.24) is 9.29 Å². The molecule has 1 aromatic heterocycles. The average Bonchev–Trinajstić information content (AvgIpc) is 2.73. The second kappa shape index (κ2) is 8.36. The van der Waals surface area contributed by atoms with Gasteiger partial charge in [0.1, 0.15) is 0 Å². The molecule has 0 bridgehead atoms. The van der Waals surface area contributed by atoms with Crippen LogP contribution >= 0.6 is 0 Å². The van der Waals surface area contributed by atoms with Gasteiger partial charge in [0, 0.05) is 23.7 Å². The first kappa shape index (κ1) is 20.8. The summed E-state index contributed by atoms with van der Waals surface area (Å²) in [5.41, 5.74) is 3.10. The lowest BCUT2D eigenvalue weighted by atomic mass is 9.95. The minimum atomic E-state index is -3.71. The molecule has 0 amide bonds. The highest BCUT2D eigenvalue weighted by molar-refractivity contribution is 7.89. The highest BCUT2D eigenvalue weighted by Crippen LogP contribution is 2.29. The molecular formula is C24H28N2O3S. The number of hydrogen-bond donors (Lipinski definition) is 1. The minimum absolute atomic E-state index is 0.0834. The largest absolute Gasteiger partial charge is 0.322 e. The highest BCUT2D eigenvalue weighted by atomic mass is 32.2. The molecule has 1 saturated carbocycles. The lowest BCUT2D eigenvalue weighted by molar-refractivity contribution is 0.247. The Hall–Kier alpha value is -2.44. The zero-order valence-corrected chi connectivity index (χ0v) is 18.3. The number of fused-ring (bicyclic) bond motifs is 1. The molecule has 1 heterocycles. The summed E-state index contributed by atoms with van der Waals surface area (Å²) in [7, 11) is -3.71. The first-order chi connectivity index (χ1) is 14.3. The third kappa shape index (κ3) is 4.20. The van der Waals surface area contributed by atoms with E-state index in [2.05, 4.69) is 4.98 Å². The second-order valence-corrected chi connectivity index (χ2v) is 10.3. The number of nitrogens with one attached hydrogen (secondary N) is 1. The van der Waals surface area contributed by atoms with E-state index < -0.39 is 10.0 Å². The van der Waals surface area contributed by atoms with Crippen molar-refractivity contribution < 1.29 is 8.42 Å². The van der Waals surface area contributed by atoms with Crippen LogP contribution in [0.4, 0.5) is 0 Å². The molecule has 1 N–H and O–H groups in total. The van der Waals surface area contributed by atoms with E-state index in [4.69, 9.17) is 0 Å². The summed E-state index contributed by atoms with van der Waals surface area (Å²) < 4.78 is 28.7. The van der Waals surface area contributed by atoms with Gasteiger partial charge in [0.15, 0.2) is 0 Å². The van der Waals surface area contributed by atoms with E-state index in [1.165, 1.54) is 0 Å². The molecule has 4 rings (SSSR count). The monoisotopic (exact) mass is 424 g/mol. The van der Waals surface area contributed by atoms with Gasteiger partial charge in [-0.1, -0.05) is 49.1 Å². The topological polar surface area (TPSA) is 70.2 Å². The summed E-state index contributed by atoms with van der Waals surface area (Å²) in [5, 5.41) is 0.909. The molecule has 2 aromatic carbocycles. The number of aromatic amines is 1. The molecule has 3 aromatic rings. The van der Waals surface area contributed by atoms with Crippen molar-refractivity contribution in [1.29, 1.82) is 0 Å². The summed E-state index contributed by atoms with van der Waals surface area (Å²) in [6.07, 6.45) is 4.81. The van der Waals surface area contributed by atoms with E-state index in [9.17, 15) is 13.2 Å². The van der Waals surface area contributed by atoms with Crippen molar-refractivity contribution in [3.63, 3.8) is 0 Å². The van der Waals surface area contributed by atoms with Crippen LogP contribution in [0.2, 0.25) is 0 Å². The molecule has 0 radical (unpaired) electrons. The number of H-pyrrole nitrogens is 1. The third-order valence-corrected chi connectivity index (χ3v) is 7.93. The van der Waals surface area contributed by atoms with Crippen LogP contribution in [0.5, 0.6) is 0 Å². The number of nitrogens with zero attached hydrogens (tertiary/aromatic N) is 1. The van der Waals surface area contributed by atoms with Crippen LogP contribution in [-0.4, -0.2) is 23.7 Å². The van der Waals surface area contributed by atoms with Gasteiger partial charge in [0.05, 0.1) is 4.90 Å². The van der Waals surface area contributed by atoms with E-state index in [0.29, 0.717) is 5.56 Å². The molecule has 0 saturated heterocycles. The predicted molar refractivity (Wildman–Crippen MR) is 120 cm³/mol. The third-order valence-electron chi connectivity index (χ3n) is 6.01. The van der Waals surface area contributed by atoms with Gasteiger partial charge in [-0.15, -0.1) is 0 Å². The Balaban J connectivity index is 1.76. The van der Waals surface area contributed by atoms with Crippen LogP contribution in [0.1, 0.15) is 48.8 Å². The van der Waals surface area contributed by atoms with Crippen molar-refractivity contribution >= 4 is 20.9 Å². The fourth-order valence-corrected chi connectivity index (χ4v) is 5.93. The zero-order valence-electron chi connectivity index (χ0n) is 17.5. The minimum Gasteiger partial charge on any atom is -0.322 e. The Kier molecular flexibility index (Phi) is 5.80. The first-order valence-corrected chi connectivity index (χ1v) is 12.0. The summed E-state index contributed by atoms with van der Waals surface area (Å²) in [5.74, 6) is 0. The number of benzene rings is 2. The van der Waals surface area contributed by atoms with Gasteiger partial charge >= 0.3 is 0 Å². The van der Waals surface area contributed by atoms with E-state index in [-0.39, 0.29) is 23.0 Å². The molecular weight excluding hydrogens is 396 g/mol. The molecule has 6 heteroatoms. The second-order valence-electron chi connectivity index (χ2n) is 8.37. The van der Waals surface area contributed by atoms with Gasteiger partial charge < -0.3 is 4.98 Å². The summed E-state index contributed by atoms with van der Waals surface area (Å²) in [6, 6.07) is 14.6. The maximum atomic E-state index is 13.6. The smallest absolute Gasteiger partial charge is 0.252 e. The Bertz CT molecular complexity index is 1210. The predicted octanol–water partition coefficient (Wildman–Crippen LogP) is 4.67. The van der Waals surface area contributed by atoms with E-state index in [0.717, 1.165) is 54.1 Å². The number of aryl methyl sites for hydroxylation is 2. The van der Waals surface area contributed by atoms with Crippen LogP contribution in [0, 0.1) is 13.8 Å². The van der Waals surface area contributed by atoms with Crippen LogP contribution in [0.25, 0.3) is 10.9 Å². The lowest BCUT2D eigenvalue weighted by Crippen LogP contribution is -2.42. The number of hydrogen-bond acceptors (Lipinski definition) is 3. The average molecular weight is 425 g/mol. The fourth-order valence-electron chi connectivity index (χ4n) is 4.27. The van der Waals surface area contributed by atoms with Gasteiger partial charge in [0.2, 0.25) is 10.0 Å². The zero-order chi connectivity index (χ0) is 21.3. The maximum absolute atomic E-state index is 13.6. The first-order valence-electron chi connectivity index (χ1n) is 10.6. The Morgan fingerprint density at radius 1 is 0.933 bits per heavy atom. The molecule has 158 valence electrons. The summed E-state index contributed by atoms with van der Waals surface area (Å²) >= 11 is 0. The van der Waals surface area contributed by atoms with Gasteiger partial charge in [-0.05, 0) is 61.9 Å². The van der Waals surface area contributed by atoms with Gasteiger partial charge in [0.25, 0.3) is 5.56 Å². The van der Waals surface area contributed by atoms with Crippen molar-refractivity contribution in [2.24, 2.45) is 0 Å². The van der Waals surface area contributed by atoms with Gasteiger partial charge in [-0.25, -0.2) is 8.42 Å². The van der Waals surface area contributed by atoms with Gasteiger partial charge in [-0.3, -0.25) is 4.79 Å². The Labute approximate surface area is 177 Å². The number of rotatable bonds is 5. The molecule has 1 aliphatic carbocycles. The molecule has 1 aliphatic rings. The van der Waals surface area contributed by atoms with E-state index in [1.54, 1.807) is 16.4 Å². The summed E-state index contributed by atoms with van der Waals surface area (Å²) in [4.78, 5) is 16.0. The van der Waals surface area contributed by atoms with E-state index >= 15 is 0 Å². The quantitative estimate of drug-likeness (QED) is 0.647. The molecule has 0 spiro atoms. The molecule has 5 nitrogen and oxygen atoms in total. The van der Waals surface area contributed by atoms with Crippen LogP contribution in [0.15, 0.2) is 58.2 Å². The maximum Gasteiger partial charge on any atom is 0.252 e. The fraction of sp³-hybridized carbons (Fsp3) is 0.375. The normalized spacial score (nSPS) is 15.7. The number of sulfonamides is 1. The Morgan fingerprint density at radius 2 is 1.60 bits per heavy atom. The van der Waals surface area contributed by atoms with Crippen molar-refractivity contribution in [3.05, 3.63) is 75.6 Å². The van der Waals surface area contributed by atoms with Gasteiger partial charge in [-0.2, -0.15) is 4.31 Å². The van der Waals surface area contributed by atoms with Crippen molar-refractivity contribution in [3.8, 4) is 0 Å². The summed E-state index contributed by atoms with van der Waals surface area (Å²) in [6.45, 7) is 4.00. The molecule has 0 unspecified atom stereocenters. The van der Waals surface area contributed by atoms with Crippen LogP contribution in [-0.2, 0) is 16.6 Å². The number of aromatic nitrogens is 1. The molecule has 30 heavy (non-hydrogen) atoms.